The van der Waals surface area contributed by atoms with Crippen LogP contribution in [0.1, 0.15) is 25.0 Å². The maximum absolute atomic E-state index is 10.8. The quantitative estimate of drug-likeness (QED) is 0.437. The first-order chi connectivity index (χ1) is 14.5. The van der Waals surface area contributed by atoms with Crippen molar-refractivity contribution in [2.75, 3.05) is 33.4 Å². The molecule has 0 bridgehead atoms. The van der Waals surface area contributed by atoms with E-state index in [4.69, 9.17) is 20.2 Å². The lowest BCUT2D eigenvalue weighted by molar-refractivity contribution is -0.119. The molecule has 0 saturated heterocycles. The highest BCUT2D eigenvalue weighted by Crippen LogP contribution is 2.14. The third-order valence-electron chi connectivity index (χ3n) is 4.32. The van der Waals surface area contributed by atoms with E-state index in [-0.39, 0.29) is 6.61 Å². The molecule has 1 amide bonds. The number of hydrogen-bond donors (Lipinski definition) is 2. The largest absolute Gasteiger partial charge is 0.494 e. The lowest BCUT2D eigenvalue weighted by Gasteiger charge is -2.22. The van der Waals surface area contributed by atoms with Gasteiger partial charge in [-0.1, -0.05) is 24.3 Å². The molecule has 0 saturated carbocycles. The molecule has 0 spiro atoms. The number of carbonyl (C=O) groups excluding carboxylic acids is 1. The Kier molecular flexibility index (Phi) is 9.51. The zero-order chi connectivity index (χ0) is 21.8. The van der Waals surface area contributed by atoms with E-state index in [9.17, 15) is 4.79 Å². The number of nitrogens with one attached hydrogen (secondary N) is 1. The summed E-state index contributed by atoms with van der Waals surface area (Å²) >= 11 is 0. The summed E-state index contributed by atoms with van der Waals surface area (Å²) in [6.45, 7) is 6.81. The number of primary amides is 1. The van der Waals surface area contributed by atoms with Crippen LogP contribution >= 0.6 is 0 Å². The summed E-state index contributed by atoms with van der Waals surface area (Å²) in [5.41, 5.74) is 7.43. The number of amides is 1. The number of guanidine groups is 1. The van der Waals surface area contributed by atoms with Crippen LogP contribution in [0.15, 0.2) is 53.5 Å². The van der Waals surface area contributed by atoms with E-state index < -0.39 is 5.91 Å². The Bertz CT molecular complexity index is 804. The van der Waals surface area contributed by atoms with Gasteiger partial charge in [-0.25, -0.2) is 0 Å². The molecule has 3 N–H and O–H groups in total. The first kappa shape index (κ1) is 23.1. The van der Waals surface area contributed by atoms with Crippen LogP contribution in [0.4, 0.5) is 0 Å². The normalized spacial score (nSPS) is 11.1. The second-order valence-corrected chi connectivity index (χ2v) is 6.82. The number of carbonyl (C=O) groups is 1. The SMILES string of the molecule is CCNC(=NCCc1ccc(OCC(N)=O)cc1)N(C)Cc1ccc(OCC)cc1. The predicted octanol–water partition coefficient (Wildman–Crippen LogP) is 2.59. The van der Waals surface area contributed by atoms with Crippen LogP contribution in [0.2, 0.25) is 0 Å². The van der Waals surface area contributed by atoms with Gasteiger partial charge < -0.3 is 25.4 Å². The van der Waals surface area contributed by atoms with Crippen molar-refractivity contribution in [1.82, 2.24) is 10.2 Å². The van der Waals surface area contributed by atoms with E-state index in [1.807, 2.05) is 50.4 Å². The second-order valence-electron chi connectivity index (χ2n) is 6.82. The van der Waals surface area contributed by atoms with Gasteiger partial charge in [0, 0.05) is 26.7 Å². The zero-order valence-electron chi connectivity index (χ0n) is 18.1. The van der Waals surface area contributed by atoms with E-state index in [2.05, 4.69) is 29.3 Å². The molecule has 0 fully saturated rings. The van der Waals surface area contributed by atoms with E-state index >= 15 is 0 Å². The molecule has 30 heavy (non-hydrogen) atoms. The highest BCUT2D eigenvalue weighted by Gasteiger charge is 2.07. The molecule has 0 atom stereocenters. The Balaban J connectivity index is 1.90. The monoisotopic (exact) mass is 412 g/mol. The average molecular weight is 413 g/mol. The molecule has 2 aromatic carbocycles. The maximum atomic E-state index is 10.8. The topological polar surface area (TPSA) is 89.2 Å². The number of nitrogens with zero attached hydrogens (tertiary/aromatic N) is 2. The number of rotatable bonds is 11. The zero-order valence-corrected chi connectivity index (χ0v) is 18.1. The molecule has 0 unspecified atom stereocenters. The minimum absolute atomic E-state index is 0.115. The molecule has 7 nitrogen and oxygen atoms in total. The molecular formula is C23H32N4O3. The lowest BCUT2D eigenvalue weighted by atomic mass is 10.1. The summed E-state index contributed by atoms with van der Waals surface area (Å²) in [7, 11) is 2.03. The third-order valence-corrected chi connectivity index (χ3v) is 4.32. The van der Waals surface area contributed by atoms with Crippen LogP contribution < -0.4 is 20.5 Å². The minimum atomic E-state index is -0.487. The number of aliphatic imine (C=N–C) groups is 1. The van der Waals surface area contributed by atoms with Crippen LogP contribution in [0.3, 0.4) is 0 Å². The lowest BCUT2D eigenvalue weighted by Crippen LogP contribution is -2.38. The van der Waals surface area contributed by atoms with E-state index in [0.29, 0.717) is 18.9 Å². The molecular weight excluding hydrogens is 380 g/mol. The van der Waals surface area contributed by atoms with Crippen molar-refractivity contribution < 1.29 is 14.3 Å². The van der Waals surface area contributed by atoms with Crippen LogP contribution in [-0.2, 0) is 17.8 Å². The number of hydrogen-bond acceptors (Lipinski definition) is 4. The van der Waals surface area contributed by atoms with Crippen LogP contribution in [0, 0.1) is 0 Å². The third kappa shape index (κ3) is 8.03. The van der Waals surface area contributed by atoms with Gasteiger partial charge >= 0.3 is 0 Å². The molecule has 0 aliphatic rings. The fourth-order valence-corrected chi connectivity index (χ4v) is 2.87. The molecule has 2 aromatic rings. The fraction of sp³-hybridized carbons (Fsp3) is 0.391. The van der Waals surface area contributed by atoms with Gasteiger partial charge in [0.15, 0.2) is 12.6 Å². The summed E-state index contributed by atoms with van der Waals surface area (Å²) < 4.78 is 10.8. The second kappa shape index (κ2) is 12.4. The first-order valence-electron chi connectivity index (χ1n) is 10.2. The molecule has 0 aliphatic carbocycles. The highest BCUT2D eigenvalue weighted by atomic mass is 16.5. The van der Waals surface area contributed by atoms with Gasteiger partial charge in [-0.2, -0.15) is 0 Å². The number of ether oxygens (including phenoxy) is 2. The van der Waals surface area contributed by atoms with Crippen molar-refractivity contribution in [3.63, 3.8) is 0 Å². The van der Waals surface area contributed by atoms with Gasteiger partial charge in [-0.05, 0) is 55.7 Å². The van der Waals surface area contributed by atoms with Gasteiger partial charge in [0.05, 0.1) is 6.61 Å². The van der Waals surface area contributed by atoms with Crippen molar-refractivity contribution in [1.29, 1.82) is 0 Å². The fourth-order valence-electron chi connectivity index (χ4n) is 2.87. The standard InChI is InChI=1S/C23H32N4O3/c1-4-25-23(27(3)16-19-8-12-20(13-9-19)29-5-2)26-15-14-18-6-10-21(11-7-18)30-17-22(24)28/h6-13H,4-5,14-17H2,1-3H3,(H2,24,28)(H,25,26). The summed E-state index contributed by atoms with van der Waals surface area (Å²) in [5.74, 6) is 1.89. The minimum Gasteiger partial charge on any atom is -0.494 e. The van der Waals surface area contributed by atoms with Crippen molar-refractivity contribution in [2.24, 2.45) is 10.7 Å². The Morgan fingerprint density at radius 1 is 1.00 bits per heavy atom. The van der Waals surface area contributed by atoms with Crippen LogP contribution in [0.5, 0.6) is 11.5 Å². The molecule has 7 heteroatoms. The van der Waals surface area contributed by atoms with E-state index in [1.165, 1.54) is 5.56 Å². The van der Waals surface area contributed by atoms with Gasteiger partial charge in [-0.15, -0.1) is 0 Å². The summed E-state index contributed by atoms with van der Waals surface area (Å²) in [6.07, 6.45) is 0.807. The molecule has 0 heterocycles. The van der Waals surface area contributed by atoms with Gasteiger partial charge in [0.25, 0.3) is 5.91 Å². The summed E-state index contributed by atoms with van der Waals surface area (Å²) in [5, 5.41) is 3.34. The van der Waals surface area contributed by atoms with Gasteiger partial charge in [-0.3, -0.25) is 9.79 Å². The van der Waals surface area contributed by atoms with E-state index in [1.54, 1.807) is 0 Å². The van der Waals surface area contributed by atoms with E-state index in [0.717, 1.165) is 36.8 Å². The van der Waals surface area contributed by atoms with Gasteiger partial charge in [0.2, 0.25) is 0 Å². The smallest absolute Gasteiger partial charge is 0.255 e. The molecule has 0 aromatic heterocycles. The van der Waals surface area contributed by atoms with Crippen molar-refractivity contribution in [2.45, 2.75) is 26.8 Å². The number of benzene rings is 2. The Hall–Kier alpha value is -3.22. The Morgan fingerprint density at radius 3 is 2.17 bits per heavy atom. The Labute approximate surface area is 178 Å². The Morgan fingerprint density at radius 2 is 1.60 bits per heavy atom. The van der Waals surface area contributed by atoms with Crippen LogP contribution in [-0.4, -0.2) is 50.1 Å². The molecule has 2 rings (SSSR count). The van der Waals surface area contributed by atoms with Crippen molar-refractivity contribution in [3.8, 4) is 11.5 Å². The van der Waals surface area contributed by atoms with Crippen molar-refractivity contribution in [3.05, 3.63) is 59.7 Å². The van der Waals surface area contributed by atoms with Gasteiger partial charge in [0.1, 0.15) is 11.5 Å². The first-order valence-corrected chi connectivity index (χ1v) is 10.2. The average Bonchev–Trinajstić information content (AvgIpc) is 2.74. The van der Waals surface area contributed by atoms with Crippen molar-refractivity contribution >= 4 is 11.9 Å². The summed E-state index contributed by atoms with van der Waals surface area (Å²) in [4.78, 5) is 17.6. The molecule has 0 aliphatic heterocycles. The highest BCUT2D eigenvalue weighted by molar-refractivity contribution is 5.79. The predicted molar refractivity (Wildman–Crippen MR) is 120 cm³/mol. The number of nitrogens with two attached hydrogens (primary N) is 1. The maximum Gasteiger partial charge on any atom is 0.255 e. The molecule has 0 radical (unpaired) electrons. The summed E-state index contributed by atoms with van der Waals surface area (Å²) in [6, 6.07) is 15.8. The van der Waals surface area contributed by atoms with Crippen LogP contribution in [0.25, 0.3) is 0 Å². The molecule has 162 valence electrons.